The van der Waals surface area contributed by atoms with Gasteiger partial charge in [-0.1, -0.05) is 6.07 Å². The number of hydrogen-bond acceptors (Lipinski definition) is 1. The Balaban J connectivity index is 3.17. The Morgan fingerprint density at radius 3 is 2.00 bits per heavy atom. The van der Waals surface area contributed by atoms with Gasteiger partial charge in [0.1, 0.15) is 0 Å². The van der Waals surface area contributed by atoms with E-state index in [1.807, 2.05) is 45.9 Å². The summed E-state index contributed by atoms with van der Waals surface area (Å²) in [7, 11) is 0. The predicted octanol–water partition coefficient (Wildman–Crippen LogP) is 3.20. The fraction of sp³-hybridized carbons (Fsp3) is 0.417. The van der Waals surface area contributed by atoms with E-state index in [2.05, 4.69) is 0 Å². The average molecular weight is 207 g/mol. The van der Waals surface area contributed by atoms with Crippen molar-refractivity contribution in [1.82, 2.24) is 0 Å². The van der Waals surface area contributed by atoms with E-state index in [-0.39, 0.29) is 6.04 Å². The smallest absolute Gasteiger partial charge is 0.412 e. The summed E-state index contributed by atoms with van der Waals surface area (Å²) >= 11 is 0. The second-order valence-corrected chi connectivity index (χ2v) is 4.09. The first-order chi connectivity index (χ1) is 6.91. The van der Waals surface area contributed by atoms with Crippen molar-refractivity contribution in [2.75, 3.05) is 4.90 Å². The molecule has 0 saturated heterocycles. The highest BCUT2D eigenvalue weighted by atomic mass is 16.4. The van der Waals surface area contributed by atoms with E-state index in [0.717, 1.165) is 16.8 Å². The third-order valence-electron chi connectivity index (χ3n) is 2.21. The minimum Gasteiger partial charge on any atom is -0.465 e. The number of carboxylic acid groups (broad SMARTS) is 1. The average Bonchev–Trinajstić information content (AvgIpc) is 1.99. The van der Waals surface area contributed by atoms with Crippen molar-refractivity contribution in [3.8, 4) is 0 Å². The molecule has 1 amide bonds. The molecule has 1 N–H and O–H groups in total. The Bertz CT molecular complexity index is 352. The molecule has 0 spiro atoms. The van der Waals surface area contributed by atoms with Crippen LogP contribution in [0.2, 0.25) is 0 Å². The highest BCUT2D eigenvalue weighted by Crippen LogP contribution is 2.20. The number of amides is 1. The van der Waals surface area contributed by atoms with Crippen LogP contribution in [0.25, 0.3) is 0 Å². The van der Waals surface area contributed by atoms with Gasteiger partial charge in [0.05, 0.1) is 0 Å². The third-order valence-corrected chi connectivity index (χ3v) is 2.21. The fourth-order valence-corrected chi connectivity index (χ4v) is 1.72. The molecule has 0 fully saturated rings. The summed E-state index contributed by atoms with van der Waals surface area (Å²) in [5.74, 6) is 0. The van der Waals surface area contributed by atoms with Crippen molar-refractivity contribution in [2.24, 2.45) is 0 Å². The van der Waals surface area contributed by atoms with Crippen molar-refractivity contribution >= 4 is 11.8 Å². The largest absolute Gasteiger partial charge is 0.465 e. The highest BCUT2D eigenvalue weighted by Gasteiger charge is 2.17. The van der Waals surface area contributed by atoms with Crippen molar-refractivity contribution in [1.29, 1.82) is 0 Å². The lowest BCUT2D eigenvalue weighted by Crippen LogP contribution is -2.35. The number of anilines is 1. The number of hydrogen-bond donors (Lipinski definition) is 1. The van der Waals surface area contributed by atoms with Crippen LogP contribution in [0.3, 0.4) is 0 Å². The van der Waals surface area contributed by atoms with Gasteiger partial charge in [-0.05, 0) is 51.0 Å². The molecule has 0 heterocycles. The lowest BCUT2D eigenvalue weighted by atomic mass is 10.1. The predicted molar refractivity (Wildman–Crippen MR) is 61.6 cm³/mol. The summed E-state index contributed by atoms with van der Waals surface area (Å²) in [5, 5.41) is 9.10. The van der Waals surface area contributed by atoms with Crippen molar-refractivity contribution in [3.63, 3.8) is 0 Å². The number of aryl methyl sites for hydroxylation is 2. The number of benzene rings is 1. The van der Waals surface area contributed by atoms with Gasteiger partial charge in [0.25, 0.3) is 0 Å². The minimum atomic E-state index is -0.907. The second-order valence-electron chi connectivity index (χ2n) is 4.09. The summed E-state index contributed by atoms with van der Waals surface area (Å²) in [4.78, 5) is 12.5. The number of carbonyl (C=O) groups is 1. The molecule has 0 aliphatic rings. The Hall–Kier alpha value is -1.51. The molecule has 1 aromatic carbocycles. The molecule has 0 bridgehead atoms. The summed E-state index contributed by atoms with van der Waals surface area (Å²) in [6, 6.07) is 5.76. The molecule has 0 atom stereocenters. The normalized spacial score (nSPS) is 10.5. The van der Waals surface area contributed by atoms with Crippen LogP contribution in [0.5, 0.6) is 0 Å². The fourth-order valence-electron chi connectivity index (χ4n) is 1.72. The maximum Gasteiger partial charge on any atom is 0.412 e. The molecule has 3 nitrogen and oxygen atoms in total. The van der Waals surface area contributed by atoms with Gasteiger partial charge in [0.2, 0.25) is 0 Å². The van der Waals surface area contributed by atoms with Gasteiger partial charge >= 0.3 is 6.09 Å². The maximum absolute atomic E-state index is 11.1. The van der Waals surface area contributed by atoms with E-state index in [1.54, 1.807) is 0 Å². The van der Waals surface area contributed by atoms with E-state index in [4.69, 9.17) is 5.11 Å². The van der Waals surface area contributed by atoms with E-state index in [9.17, 15) is 4.79 Å². The van der Waals surface area contributed by atoms with Crippen molar-refractivity contribution in [2.45, 2.75) is 33.7 Å². The van der Waals surface area contributed by atoms with E-state index in [0.29, 0.717) is 0 Å². The Morgan fingerprint density at radius 1 is 1.20 bits per heavy atom. The van der Waals surface area contributed by atoms with Gasteiger partial charge < -0.3 is 5.11 Å². The van der Waals surface area contributed by atoms with E-state index >= 15 is 0 Å². The first-order valence-electron chi connectivity index (χ1n) is 5.02. The molecular weight excluding hydrogens is 190 g/mol. The zero-order valence-electron chi connectivity index (χ0n) is 9.61. The summed E-state index contributed by atoms with van der Waals surface area (Å²) in [6.07, 6.45) is -0.907. The van der Waals surface area contributed by atoms with Crippen LogP contribution in [0, 0.1) is 13.8 Å². The second kappa shape index (κ2) is 4.34. The maximum atomic E-state index is 11.1. The zero-order valence-corrected chi connectivity index (χ0v) is 9.61. The third kappa shape index (κ3) is 2.72. The molecular formula is C12H17NO2. The summed E-state index contributed by atoms with van der Waals surface area (Å²) < 4.78 is 0. The SMILES string of the molecule is Cc1cc(C)cc(N(C(=O)O)C(C)C)c1. The van der Waals surface area contributed by atoms with Crippen LogP contribution < -0.4 is 4.90 Å². The Morgan fingerprint density at radius 2 is 1.67 bits per heavy atom. The molecule has 1 aromatic rings. The van der Waals surface area contributed by atoms with Crippen LogP contribution in [0.1, 0.15) is 25.0 Å². The first-order valence-corrected chi connectivity index (χ1v) is 5.02. The minimum absolute atomic E-state index is 0.0521. The molecule has 1 rings (SSSR count). The standard InChI is InChI=1S/C12H17NO2/c1-8(2)13(12(14)15)11-6-9(3)5-10(4)7-11/h5-8H,1-4H3,(H,14,15). The zero-order chi connectivity index (χ0) is 11.6. The molecule has 0 aliphatic heterocycles. The van der Waals surface area contributed by atoms with Crippen molar-refractivity contribution in [3.05, 3.63) is 29.3 Å². The number of rotatable bonds is 2. The molecule has 0 radical (unpaired) electrons. The van der Waals surface area contributed by atoms with Gasteiger partial charge in [-0.25, -0.2) is 4.79 Å². The summed E-state index contributed by atoms with van der Waals surface area (Å²) in [6.45, 7) is 7.67. The van der Waals surface area contributed by atoms with Crippen LogP contribution in [0.4, 0.5) is 10.5 Å². The molecule has 0 aliphatic carbocycles. The molecule has 15 heavy (non-hydrogen) atoms. The lowest BCUT2D eigenvalue weighted by Gasteiger charge is -2.24. The van der Waals surface area contributed by atoms with Gasteiger partial charge in [-0.2, -0.15) is 0 Å². The van der Waals surface area contributed by atoms with Crippen LogP contribution in [0.15, 0.2) is 18.2 Å². The Kier molecular flexibility index (Phi) is 3.35. The molecule has 0 unspecified atom stereocenters. The van der Waals surface area contributed by atoms with Crippen molar-refractivity contribution < 1.29 is 9.90 Å². The van der Waals surface area contributed by atoms with Gasteiger partial charge in [0.15, 0.2) is 0 Å². The van der Waals surface area contributed by atoms with Crippen LogP contribution in [-0.2, 0) is 0 Å². The quantitative estimate of drug-likeness (QED) is 0.809. The molecule has 0 aromatic heterocycles. The monoisotopic (exact) mass is 207 g/mol. The van der Waals surface area contributed by atoms with Crippen LogP contribution >= 0.6 is 0 Å². The summed E-state index contributed by atoms with van der Waals surface area (Å²) in [5.41, 5.74) is 2.91. The molecule has 3 heteroatoms. The topological polar surface area (TPSA) is 40.5 Å². The van der Waals surface area contributed by atoms with E-state index in [1.165, 1.54) is 4.90 Å². The molecule has 0 saturated carbocycles. The first kappa shape index (κ1) is 11.6. The highest BCUT2D eigenvalue weighted by molar-refractivity contribution is 5.86. The van der Waals surface area contributed by atoms with Gasteiger partial charge in [-0.15, -0.1) is 0 Å². The molecule has 82 valence electrons. The van der Waals surface area contributed by atoms with E-state index < -0.39 is 6.09 Å². The van der Waals surface area contributed by atoms with Crippen LogP contribution in [-0.4, -0.2) is 17.2 Å². The van der Waals surface area contributed by atoms with Gasteiger partial charge in [-0.3, -0.25) is 4.90 Å². The Labute approximate surface area is 90.3 Å². The number of nitrogens with zero attached hydrogens (tertiary/aromatic N) is 1. The lowest BCUT2D eigenvalue weighted by molar-refractivity contribution is 0.200. The van der Waals surface area contributed by atoms with Gasteiger partial charge in [0, 0.05) is 11.7 Å².